The normalized spacial score (nSPS) is 11.1. The lowest BCUT2D eigenvalue weighted by atomic mass is 10.2. The van der Waals surface area contributed by atoms with Crippen molar-refractivity contribution >= 4 is 23.3 Å². The van der Waals surface area contributed by atoms with Gasteiger partial charge in [-0.05, 0) is 44.5 Å². The monoisotopic (exact) mass is 336 g/mol. The molecular formula is C15H20N4O5. The predicted molar refractivity (Wildman–Crippen MR) is 84.3 cm³/mol. The van der Waals surface area contributed by atoms with Gasteiger partial charge in [-0.1, -0.05) is 17.0 Å². The number of carbonyl (C=O) groups excluding carboxylic acids is 2. The van der Waals surface area contributed by atoms with E-state index in [1.807, 2.05) is 0 Å². The Bertz CT molecular complexity index is 707. The zero-order valence-electron chi connectivity index (χ0n) is 13.8. The maximum Gasteiger partial charge on any atom is 0.535 e. The Kier molecular flexibility index (Phi) is 5.56. The number of nitrogens with one attached hydrogen (secondary N) is 1. The summed E-state index contributed by atoms with van der Waals surface area (Å²) in [4.78, 5) is 28.9. The number of hydrogen-bond donors (Lipinski definition) is 1. The summed E-state index contributed by atoms with van der Waals surface area (Å²) >= 11 is 0. The minimum atomic E-state index is -0.900. The third-order valence-electron chi connectivity index (χ3n) is 2.69. The number of alkyl carbamates (subject to hydrolysis) is 1. The maximum atomic E-state index is 11.6. The van der Waals surface area contributed by atoms with Crippen molar-refractivity contribution in [1.29, 1.82) is 0 Å². The van der Waals surface area contributed by atoms with Crippen LogP contribution in [-0.2, 0) is 9.47 Å². The highest BCUT2D eigenvalue weighted by molar-refractivity contribution is 5.74. The number of hydrogen-bond acceptors (Lipinski definition) is 7. The average Bonchev–Trinajstić information content (AvgIpc) is 2.88. The number of rotatable bonds is 5. The number of ether oxygens (including phenoxy) is 2. The number of aromatic nitrogens is 3. The molecule has 0 saturated heterocycles. The Morgan fingerprint density at radius 2 is 2.00 bits per heavy atom. The van der Waals surface area contributed by atoms with E-state index in [-0.39, 0.29) is 6.61 Å². The number of fused-ring (bicyclic) bond motifs is 1. The summed E-state index contributed by atoms with van der Waals surface area (Å²) < 4.78 is 9.98. The van der Waals surface area contributed by atoms with Gasteiger partial charge in [0.25, 0.3) is 0 Å². The Balaban J connectivity index is 1.66. The minimum Gasteiger partial charge on any atom is -0.444 e. The van der Waals surface area contributed by atoms with Crippen molar-refractivity contribution in [2.24, 2.45) is 0 Å². The van der Waals surface area contributed by atoms with Crippen LogP contribution in [0.25, 0.3) is 11.0 Å². The summed E-state index contributed by atoms with van der Waals surface area (Å²) in [5, 5.41) is 10.1. The van der Waals surface area contributed by atoms with E-state index in [1.165, 1.54) is 0 Å². The lowest BCUT2D eigenvalue weighted by Crippen LogP contribution is -2.33. The molecule has 0 aliphatic rings. The maximum absolute atomic E-state index is 11.6. The van der Waals surface area contributed by atoms with Gasteiger partial charge in [-0.25, -0.2) is 9.59 Å². The third kappa shape index (κ3) is 5.41. The topological polar surface area (TPSA) is 105 Å². The van der Waals surface area contributed by atoms with Crippen molar-refractivity contribution in [3.8, 4) is 0 Å². The fourth-order valence-electron chi connectivity index (χ4n) is 1.74. The second kappa shape index (κ2) is 7.62. The molecule has 2 rings (SSSR count). The van der Waals surface area contributed by atoms with Gasteiger partial charge < -0.3 is 14.8 Å². The van der Waals surface area contributed by atoms with Crippen molar-refractivity contribution < 1.29 is 23.9 Å². The molecule has 1 heterocycles. The first kappa shape index (κ1) is 17.5. The zero-order chi connectivity index (χ0) is 17.6. The first-order valence-corrected chi connectivity index (χ1v) is 7.47. The van der Waals surface area contributed by atoms with Crippen LogP contribution in [-0.4, -0.2) is 46.2 Å². The Hall–Kier alpha value is -2.84. The Morgan fingerprint density at radius 3 is 2.75 bits per heavy atom. The SMILES string of the molecule is CC(C)(C)OC(=O)NCCCOC(=O)On1nnc2ccccc21. The molecule has 1 amide bonds. The van der Waals surface area contributed by atoms with Crippen LogP contribution in [0.4, 0.5) is 9.59 Å². The van der Waals surface area contributed by atoms with Crippen LogP contribution in [0.1, 0.15) is 27.2 Å². The van der Waals surface area contributed by atoms with Gasteiger partial charge in [0.05, 0.1) is 6.61 Å². The quantitative estimate of drug-likeness (QED) is 0.505. The molecule has 0 radical (unpaired) electrons. The van der Waals surface area contributed by atoms with Gasteiger partial charge in [-0.3, -0.25) is 4.84 Å². The van der Waals surface area contributed by atoms with Crippen LogP contribution in [0.5, 0.6) is 0 Å². The molecule has 130 valence electrons. The minimum absolute atomic E-state index is 0.0846. The number of benzene rings is 1. The van der Waals surface area contributed by atoms with E-state index in [1.54, 1.807) is 45.0 Å². The molecule has 0 saturated carbocycles. The Labute approximate surface area is 138 Å². The number of nitrogens with zero attached hydrogens (tertiary/aromatic N) is 3. The van der Waals surface area contributed by atoms with Crippen molar-refractivity contribution in [2.45, 2.75) is 32.8 Å². The van der Waals surface area contributed by atoms with Gasteiger partial charge in [0.2, 0.25) is 0 Å². The molecule has 9 heteroatoms. The van der Waals surface area contributed by atoms with Crippen LogP contribution < -0.4 is 10.2 Å². The van der Waals surface area contributed by atoms with Gasteiger partial charge in [-0.2, -0.15) is 0 Å². The summed E-state index contributed by atoms with van der Waals surface area (Å²) in [5.41, 5.74) is 0.609. The summed E-state index contributed by atoms with van der Waals surface area (Å²) in [6.45, 7) is 5.73. The molecule has 1 N–H and O–H groups in total. The van der Waals surface area contributed by atoms with Gasteiger partial charge in [-0.15, -0.1) is 5.10 Å². The zero-order valence-corrected chi connectivity index (χ0v) is 13.8. The summed E-state index contributed by atoms with van der Waals surface area (Å²) in [6.07, 6.45) is -0.992. The van der Waals surface area contributed by atoms with E-state index < -0.39 is 17.8 Å². The van der Waals surface area contributed by atoms with Gasteiger partial charge in [0, 0.05) is 6.54 Å². The highest BCUT2D eigenvalue weighted by atomic mass is 16.8. The van der Waals surface area contributed by atoms with E-state index in [4.69, 9.17) is 14.3 Å². The van der Waals surface area contributed by atoms with Crippen LogP contribution in [0, 0.1) is 0 Å². The molecule has 0 bridgehead atoms. The predicted octanol–water partition coefficient (Wildman–Crippen LogP) is 1.91. The smallest absolute Gasteiger partial charge is 0.444 e. The van der Waals surface area contributed by atoms with Crippen LogP contribution in [0.3, 0.4) is 0 Å². The summed E-state index contributed by atoms with van der Waals surface area (Å²) in [6, 6.07) is 7.04. The largest absolute Gasteiger partial charge is 0.535 e. The molecule has 24 heavy (non-hydrogen) atoms. The molecule has 0 fully saturated rings. The van der Waals surface area contributed by atoms with E-state index in [9.17, 15) is 9.59 Å². The Morgan fingerprint density at radius 1 is 1.25 bits per heavy atom. The molecular weight excluding hydrogens is 316 g/mol. The first-order chi connectivity index (χ1) is 11.3. The third-order valence-corrected chi connectivity index (χ3v) is 2.69. The molecule has 0 atom stereocenters. The average molecular weight is 336 g/mol. The second-order valence-electron chi connectivity index (χ2n) is 5.92. The summed E-state index contributed by atoms with van der Waals surface area (Å²) in [5.74, 6) is 0. The van der Waals surface area contributed by atoms with E-state index in [0.29, 0.717) is 24.0 Å². The number of para-hydroxylation sites is 1. The molecule has 2 aromatic rings. The standard InChI is InChI=1S/C15H20N4O5/c1-15(2,3)23-13(20)16-9-6-10-22-14(21)24-19-12-8-5-4-7-11(12)17-18-19/h4-5,7-8H,6,9-10H2,1-3H3,(H,16,20). The number of carbonyl (C=O) groups is 2. The van der Waals surface area contributed by atoms with Crippen molar-refractivity contribution in [3.63, 3.8) is 0 Å². The second-order valence-corrected chi connectivity index (χ2v) is 5.92. The van der Waals surface area contributed by atoms with Crippen molar-refractivity contribution in [3.05, 3.63) is 24.3 Å². The molecule has 9 nitrogen and oxygen atoms in total. The molecule has 1 aromatic heterocycles. The van der Waals surface area contributed by atoms with Crippen LogP contribution in [0.2, 0.25) is 0 Å². The van der Waals surface area contributed by atoms with E-state index in [0.717, 1.165) is 4.85 Å². The highest BCUT2D eigenvalue weighted by Gasteiger charge is 2.15. The lowest BCUT2D eigenvalue weighted by molar-refractivity contribution is 0.0382. The lowest BCUT2D eigenvalue weighted by Gasteiger charge is -2.19. The molecule has 0 aliphatic heterocycles. The highest BCUT2D eigenvalue weighted by Crippen LogP contribution is 2.08. The molecule has 0 unspecified atom stereocenters. The van der Waals surface area contributed by atoms with Crippen LogP contribution >= 0.6 is 0 Å². The van der Waals surface area contributed by atoms with Crippen molar-refractivity contribution in [2.75, 3.05) is 13.2 Å². The van der Waals surface area contributed by atoms with Gasteiger partial charge in [0.15, 0.2) is 0 Å². The first-order valence-electron chi connectivity index (χ1n) is 7.47. The van der Waals surface area contributed by atoms with E-state index >= 15 is 0 Å². The van der Waals surface area contributed by atoms with Crippen LogP contribution in [0.15, 0.2) is 24.3 Å². The fraction of sp³-hybridized carbons (Fsp3) is 0.467. The molecule has 1 aromatic carbocycles. The fourth-order valence-corrected chi connectivity index (χ4v) is 1.74. The van der Waals surface area contributed by atoms with Gasteiger partial charge in [0.1, 0.15) is 16.6 Å². The van der Waals surface area contributed by atoms with Crippen molar-refractivity contribution in [1.82, 2.24) is 20.5 Å². The van der Waals surface area contributed by atoms with E-state index in [2.05, 4.69) is 15.6 Å². The number of amides is 1. The molecule has 0 spiro atoms. The molecule has 0 aliphatic carbocycles. The van der Waals surface area contributed by atoms with Gasteiger partial charge >= 0.3 is 12.2 Å². The summed E-state index contributed by atoms with van der Waals surface area (Å²) in [7, 11) is 0.